The van der Waals surface area contributed by atoms with Crippen molar-refractivity contribution in [2.75, 3.05) is 19.6 Å². The number of aliphatic hydroxyl groups is 1. The van der Waals surface area contributed by atoms with Crippen molar-refractivity contribution in [3.05, 3.63) is 22.4 Å². The molecule has 1 aromatic rings. The topological polar surface area (TPSA) is 23.5 Å². The van der Waals surface area contributed by atoms with E-state index in [9.17, 15) is 5.11 Å². The van der Waals surface area contributed by atoms with Crippen LogP contribution in [0.25, 0.3) is 0 Å². The molecule has 15 heavy (non-hydrogen) atoms. The van der Waals surface area contributed by atoms with Crippen LogP contribution in [0.5, 0.6) is 0 Å². The number of rotatable bonds is 3. The van der Waals surface area contributed by atoms with Crippen molar-refractivity contribution < 1.29 is 5.11 Å². The van der Waals surface area contributed by atoms with Crippen LogP contribution in [0.3, 0.4) is 0 Å². The van der Waals surface area contributed by atoms with Gasteiger partial charge < -0.3 is 10.0 Å². The first-order valence-electron chi connectivity index (χ1n) is 5.69. The van der Waals surface area contributed by atoms with Gasteiger partial charge in [0.25, 0.3) is 0 Å². The summed E-state index contributed by atoms with van der Waals surface area (Å²) in [5.41, 5.74) is -0.448. The second kappa shape index (κ2) is 4.64. The standard InChI is InChI=1S/C12H19NOS/c1-2-13-7-5-12(14,6-8-13)10-11-4-3-9-15-11/h3-4,9,14H,2,5-8,10H2,1H3. The molecule has 0 amide bonds. The van der Waals surface area contributed by atoms with E-state index >= 15 is 0 Å². The van der Waals surface area contributed by atoms with E-state index in [0.717, 1.165) is 38.9 Å². The van der Waals surface area contributed by atoms with E-state index in [1.807, 2.05) is 0 Å². The van der Waals surface area contributed by atoms with Gasteiger partial charge in [-0.25, -0.2) is 0 Å². The van der Waals surface area contributed by atoms with Gasteiger partial charge in [0, 0.05) is 24.4 Å². The maximum atomic E-state index is 10.4. The van der Waals surface area contributed by atoms with Gasteiger partial charge in [0.1, 0.15) is 0 Å². The number of nitrogens with zero attached hydrogens (tertiary/aromatic N) is 1. The molecular formula is C12H19NOS. The molecule has 1 aliphatic rings. The lowest BCUT2D eigenvalue weighted by Crippen LogP contribution is -2.45. The second-order valence-corrected chi connectivity index (χ2v) is 5.45. The van der Waals surface area contributed by atoms with Crippen LogP contribution in [0.1, 0.15) is 24.6 Å². The minimum atomic E-state index is -0.448. The molecule has 1 saturated heterocycles. The Morgan fingerprint density at radius 2 is 2.20 bits per heavy atom. The maximum Gasteiger partial charge on any atom is 0.0720 e. The number of hydrogen-bond acceptors (Lipinski definition) is 3. The normalized spacial score (nSPS) is 21.7. The van der Waals surface area contributed by atoms with E-state index in [0.29, 0.717) is 0 Å². The van der Waals surface area contributed by atoms with E-state index in [4.69, 9.17) is 0 Å². The van der Waals surface area contributed by atoms with Gasteiger partial charge in [-0.3, -0.25) is 0 Å². The highest BCUT2D eigenvalue weighted by Crippen LogP contribution is 2.27. The number of hydrogen-bond donors (Lipinski definition) is 1. The molecule has 0 atom stereocenters. The first kappa shape index (κ1) is 11.1. The van der Waals surface area contributed by atoms with Crippen molar-refractivity contribution in [3.63, 3.8) is 0 Å². The molecule has 2 heterocycles. The summed E-state index contributed by atoms with van der Waals surface area (Å²) in [5.74, 6) is 0. The molecule has 1 aromatic heterocycles. The minimum absolute atomic E-state index is 0.448. The molecule has 2 nitrogen and oxygen atoms in total. The lowest BCUT2D eigenvalue weighted by atomic mass is 9.88. The van der Waals surface area contributed by atoms with Crippen molar-refractivity contribution in [3.8, 4) is 0 Å². The molecule has 0 unspecified atom stereocenters. The van der Waals surface area contributed by atoms with Crippen molar-refractivity contribution in [1.29, 1.82) is 0 Å². The molecule has 0 aliphatic carbocycles. The Kier molecular flexibility index (Phi) is 3.44. The Bertz CT molecular complexity index is 289. The Hall–Kier alpha value is -0.380. The Morgan fingerprint density at radius 3 is 2.73 bits per heavy atom. The second-order valence-electron chi connectivity index (χ2n) is 4.41. The van der Waals surface area contributed by atoms with E-state index in [2.05, 4.69) is 29.3 Å². The molecule has 0 radical (unpaired) electrons. The smallest absolute Gasteiger partial charge is 0.0720 e. The number of thiophene rings is 1. The van der Waals surface area contributed by atoms with E-state index in [1.54, 1.807) is 11.3 Å². The van der Waals surface area contributed by atoms with Crippen LogP contribution in [-0.4, -0.2) is 35.2 Å². The fourth-order valence-electron chi connectivity index (χ4n) is 2.20. The van der Waals surface area contributed by atoms with Gasteiger partial charge in [0.2, 0.25) is 0 Å². The number of piperidine rings is 1. The molecule has 1 fully saturated rings. The first-order valence-corrected chi connectivity index (χ1v) is 6.57. The largest absolute Gasteiger partial charge is 0.389 e. The molecule has 0 aromatic carbocycles. The molecule has 1 aliphatic heterocycles. The van der Waals surface area contributed by atoms with Gasteiger partial charge in [-0.2, -0.15) is 0 Å². The average molecular weight is 225 g/mol. The van der Waals surface area contributed by atoms with Crippen LogP contribution in [0.4, 0.5) is 0 Å². The van der Waals surface area contributed by atoms with Gasteiger partial charge in [-0.1, -0.05) is 13.0 Å². The van der Waals surface area contributed by atoms with Gasteiger partial charge in [-0.05, 0) is 30.8 Å². The fraction of sp³-hybridized carbons (Fsp3) is 0.667. The predicted molar refractivity (Wildman–Crippen MR) is 64.3 cm³/mol. The van der Waals surface area contributed by atoms with Crippen LogP contribution in [-0.2, 0) is 6.42 Å². The van der Waals surface area contributed by atoms with Crippen LogP contribution in [0.15, 0.2) is 17.5 Å². The quantitative estimate of drug-likeness (QED) is 0.852. The van der Waals surface area contributed by atoms with E-state index < -0.39 is 5.60 Å². The third kappa shape index (κ3) is 2.80. The summed E-state index contributed by atoms with van der Waals surface area (Å²) >= 11 is 1.75. The summed E-state index contributed by atoms with van der Waals surface area (Å²) in [7, 11) is 0. The minimum Gasteiger partial charge on any atom is -0.389 e. The van der Waals surface area contributed by atoms with Crippen molar-refractivity contribution >= 4 is 11.3 Å². The Morgan fingerprint density at radius 1 is 1.47 bits per heavy atom. The van der Waals surface area contributed by atoms with Crippen molar-refractivity contribution in [2.24, 2.45) is 0 Å². The third-order valence-electron chi connectivity index (χ3n) is 3.32. The summed E-state index contributed by atoms with van der Waals surface area (Å²) in [5, 5.41) is 12.5. The van der Waals surface area contributed by atoms with E-state index in [-0.39, 0.29) is 0 Å². The van der Waals surface area contributed by atoms with Crippen LogP contribution < -0.4 is 0 Å². The highest BCUT2D eigenvalue weighted by atomic mass is 32.1. The van der Waals surface area contributed by atoms with Crippen LogP contribution in [0, 0.1) is 0 Å². The highest BCUT2D eigenvalue weighted by Gasteiger charge is 2.31. The molecule has 3 heteroatoms. The van der Waals surface area contributed by atoms with Crippen molar-refractivity contribution in [2.45, 2.75) is 31.8 Å². The van der Waals surface area contributed by atoms with Gasteiger partial charge in [0.15, 0.2) is 0 Å². The maximum absolute atomic E-state index is 10.4. The van der Waals surface area contributed by atoms with Crippen molar-refractivity contribution in [1.82, 2.24) is 4.90 Å². The zero-order valence-electron chi connectivity index (χ0n) is 9.28. The van der Waals surface area contributed by atoms with Gasteiger partial charge in [0.05, 0.1) is 5.60 Å². The average Bonchev–Trinajstić information content (AvgIpc) is 2.71. The fourth-order valence-corrected chi connectivity index (χ4v) is 3.04. The molecule has 84 valence electrons. The number of likely N-dealkylation sites (tertiary alicyclic amines) is 1. The van der Waals surface area contributed by atoms with Gasteiger partial charge in [-0.15, -0.1) is 11.3 Å². The molecular weight excluding hydrogens is 206 g/mol. The predicted octanol–water partition coefficient (Wildman–Crippen LogP) is 2.14. The molecule has 0 spiro atoms. The molecule has 0 saturated carbocycles. The lowest BCUT2D eigenvalue weighted by Gasteiger charge is -2.37. The molecule has 0 bridgehead atoms. The summed E-state index contributed by atoms with van der Waals surface area (Å²) < 4.78 is 0. The van der Waals surface area contributed by atoms with Gasteiger partial charge >= 0.3 is 0 Å². The van der Waals surface area contributed by atoms with E-state index in [1.165, 1.54) is 4.88 Å². The summed E-state index contributed by atoms with van der Waals surface area (Å²) in [6, 6.07) is 4.18. The third-order valence-corrected chi connectivity index (χ3v) is 4.19. The Labute approximate surface area is 95.5 Å². The highest BCUT2D eigenvalue weighted by molar-refractivity contribution is 7.09. The molecule has 2 rings (SSSR count). The summed E-state index contributed by atoms with van der Waals surface area (Å²) in [6.07, 6.45) is 2.67. The first-order chi connectivity index (χ1) is 7.22. The zero-order chi connectivity index (χ0) is 10.7. The SMILES string of the molecule is CCN1CCC(O)(Cc2cccs2)CC1. The van der Waals surface area contributed by atoms with Crippen LogP contribution in [0.2, 0.25) is 0 Å². The van der Waals surface area contributed by atoms with Crippen LogP contribution >= 0.6 is 11.3 Å². The summed E-state index contributed by atoms with van der Waals surface area (Å²) in [6.45, 7) is 5.37. The Balaban J connectivity index is 1.92. The summed E-state index contributed by atoms with van der Waals surface area (Å²) in [4.78, 5) is 3.71. The lowest BCUT2D eigenvalue weighted by molar-refractivity contribution is -0.0188. The molecule has 1 N–H and O–H groups in total. The zero-order valence-corrected chi connectivity index (χ0v) is 10.1. The monoisotopic (exact) mass is 225 g/mol.